The van der Waals surface area contributed by atoms with Crippen LogP contribution >= 0.6 is 0 Å². The first-order valence-corrected chi connectivity index (χ1v) is 8.43. The Bertz CT molecular complexity index is 623. The van der Waals surface area contributed by atoms with Gasteiger partial charge in [-0.05, 0) is 25.0 Å². The summed E-state index contributed by atoms with van der Waals surface area (Å²) in [5, 5.41) is 11.2. The van der Waals surface area contributed by atoms with Gasteiger partial charge in [0.2, 0.25) is 0 Å². The van der Waals surface area contributed by atoms with Crippen LogP contribution in [0.1, 0.15) is 26.7 Å². The van der Waals surface area contributed by atoms with Crippen LogP contribution in [0, 0.1) is 10.1 Å². The number of hydrogen-bond donors (Lipinski definition) is 1. The van der Waals surface area contributed by atoms with Crippen molar-refractivity contribution in [3.05, 3.63) is 28.3 Å². The zero-order valence-corrected chi connectivity index (χ0v) is 13.1. The van der Waals surface area contributed by atoms with Crippen LogP contribution in [0.15, 0.2) is 23.1 Å². The van der Waals surface area contributed by atoms with Crippen LogP contribution < -0.4 is 10.5 Å². The van der Waals surface area contributed by atoms with E-state index in [1.54, 1.807) is 0 Å². The molecule has 2 N–H and O–H groups in total. The molecule has 0 radical (unpaired) electrons. The molecule has 0 atom stereocenters. The first kappa shape index (κ1) is 17.4. The summed E-state index contributed by atoms with van der Waals surface area (Å²) in [5.41, 5.74) is 4.93. The first-order valence-electron chi connectivity index (χ1n) is 6.53. The number of nitrogens with zero attached hydrogens (tertiary/aromatic N) is 1. The van der Waals surface area contributed by atoms with Gasteiger partial charge in [-0.1, -0.05) is 19.9 Å². The molecule has 0 saturated heterocycles. The average molecular weight is 316 g/mol. The lowest BCUT2D eigenvalue weighted by atomic mass is 9.96. The number of para-hydroxylation sites is 1. The second kappa shape index (κ2) is 6.40. The fraction of sp³-hybridized carbons (Fsp3) is 0.538. The van der Waals surface area contributed by atoms with E-state index in [-0.39, 0.29) is 17.3 Å². The third kappa shape index (κ3) is 4.15. The van der Waals surface area contributed by atoms with Gasteiger partial charge in [-0.15, -0.1) is 0 Å². The van der Waals surface area contributed by atoms with E-state index in [0.29, 0.717) is 12.8 Å². The number of nitrogens with two attached hydrogens (primary N) is 1. The molecule has 1 rings (SSSR count). The normalized spacial score (nSPS) is 12.2. The number of ether oxygens (including phenoxy) is 1. The molecule has 118 valence electrons. The number of nitro groups is 1. The molecule has 1 aromatic rings. The van der Waals surface area contributed by atoms with Gasteiger partial charge < -0.3 is 10.5 Å². The van der Waals surface area contributed by atoms with E-state index in [0.717, 1.165) is 6.26 Å². The summed E-state index contributed by atoms with van der Waals surface area (Å²) >= 11 is 0. The van der Waals surface area contributed by atoms with Gasteiger partial charge in [-0.2, -0.15) is 0 Å². The van der Waals surface area contributed by atoms with E-state index in [9.17, 15) is 18.5 Å². The molecule has 0 aromatic heterocycles. The molecule has 21 heavy (non-hydrogen) atoms. The van der Waals surface area contributed by atoms with Gasteiger partial charge in [0.1, 0.15) is 11.5 Å². The van der Waals surface area contributed by atoms with Crippen molar-refractivity contribution in [2.24, 2.45) is 5.73 Å². The van der Waals surface area contributed by atoms with Gasteiger partial charge in [-0.3, -0.25) is 10.1 Å². The molecular weight excluding hydrogens is 296 g/mol. The molecule has 0 aliphatic heterocycles. The molecule has 0 unspecified atom stereocenters. The first-order chi connectivity index (χ1) is 9.64. The molecule has 0 bridgehead atoms. The minimum atomic E-state index is -3.72. The SMILES string of the molecule is CCC(N)(CC)COc1cccc(S(C)(=O)=O)c1[N+](=O)[O-]. The number of benzene rings is 1. The zero-order chi connectivity index (χ0) is 16.3. The lowest BCUT2D eigenvalue weighted by Crippen LogP contribution is -2.44. The maximum atomic E-state index is 11.6. The summed E-state index contributed by atoms with van der Waals surface area (Å²) in [6, 6.07) is 3.98. The van der Waals surface area contributed by atoms with E-state index >= 15 is 0 Å². The van der Waals surface area contributed by atoms with E-state index in [2.05, 4.69) is 0 Å². The lowest BCUT2D eigenvalue weighted by molar-refractivity contribution is -0.388. The maximum Gasteiger partial charge on any atom is 0.329 e. The highest BCUT2D eigenvalue weighted by Crippen LogP contribution is 2.34. The second-order valence-corrected chi connectivity index (χ2v) is 6.97. The molecule has 0 heterocycles. The molecule has 0 aliphatic carbocycles. The van der Waals surface area contributed by atoms with Crippen molar-refractivity contribution in [3.8, 4) is 5.75 Å². The van der Waals surface area contributed by atoms with Gasteiger partial charge in [0.15, 0.2) is 15.6 Å². The molecule has 0 amide bonds. The molecule has 0 saturated carbocycles. The quantitative estimate of drug-likeness (QED) is 0.607. The highest BCUT2D eigenvalue weighted by Gasteiger charge is 2.29. The predicted molar refractivity (Wildman–Crippen MR) is 79.2 cm³/mol. The maximum absolute atomic E-state index is 11.6. The van der Waals surface area contributed by atoms with Crippen molar-refractivity contribution in [2.45, 2.75) is 37.1 Å². The molecular formula is C13H20N2O5S. The third-order valence-electron chi connectivity index (χ3n) is 3.47. The standard InChI is InChI=1S/C13H20N2O5S/c1-4-13(14,5-2)9-20-10-7-6-8-11(21(3,18)19)12(10)15(16)17/h6-8H,4-5,9,14H2,1-3H3. The van der Waals surface area contributed by atoms with Crippen molar-refractivity contribution in [1.29, 1.82) is 0 Å². The highest BCUT2D eigenvalue weighted by molar-refractivity contribution is 7.90. The zero-order valence-electron chi connectivity index (χ0n) is 12.3. The fourth-order valence-electron chi connectivity index (χ4n) is 1.77. The topological polar surface area (TPSA) is 113 Å². The molecule has 0 spiro atoms. The van der Waals surface area contributed by atoms with Crippen LogP contribution in [0.25, 0.3) is 0 Å². The number of rotatable bonds is 7. The molecule has 0 fully saturated rings. The largest absolute Gasteiger partial charge is 0.485 e. The van der Waals surface area contributed by atoms with Crippen molar-refractivity contribution >= 4 is 15.5 Å². The average Bonchev–Trinajstić information content (AvgIpc) is 2.43. The molecule has 0 aliphatic rings. The molecule has 8 heteroatoms. The number of hydrogen-bond acceptors (Lipinski definition) is 6. The summed E-state index contributed by atoms with van der Waals surface area (Å²) in [7, 11) is -3.72. The minimum absolute atomic E-state index is 0.0774. The number of nitro benzene ring substituents is 1. The highest BCUT2D eigenvalue weighted by atomic mass is 32.2. The van der Waals surface area contributed by atoms with Crippen LogP contribution in [0.5, 0.6) is 5.75 Å². The molecule has 7 nitrogen and oxygen atoms in total. The fourth-order valence-corrected chi connectivity index (χ4v) is 2.63. The Kier molecular flexibility index (Phi) is 5.30. The van der Waals surface area contributed by atoms with Gasteiger partial charge in [0.25, 0.3) is 0 Å². The van der Waals surface area contributed by atoms with Gasteiger partial charge in [-0.25, -0.2) is 8.42 Å². The van der Waals surface area contributed by atoms with E-state index in [1.165, 1.54) is 18.2 Å². The van der Waals surface area contributed by atoms with E-state index in [1.807, 2.05) is 13.8 Å². The van der Waals surface area contributed by atoms with Crippen LogP contribution in [0.3, 0.4) is 0 Å². The van der Waals surface area contributed by atoms with Crippen molar-refractivity contribution in [3.63, 3.8) is 0 Å². The summed E-state index contributed by atoms with van der Waals surface area (Å²) in [4.78, 5) is 10.1. The summed E-state index contributed by atoms with van der Waals surface area (Å²) in [5.74, 6) is -0.0837. The van der Waals surface area contributed by atoms with Crippen molar-refractivity contribution in [2.75, 3.05) is 12.9 Å². The second-order valence-electron chi connectivity index (χ2n) is 4.99. The third-order valence-corrected chi connectivity index (χ3v) is 4.60. The van der Waals surface area contributed by atoms with Crippen LogP contribution in [0.2, 0.25) is 0 Å². The van der Waals surface area contributed by atoms with Gasteiger partial charge in [0, 0.05) is 11.8 Å². The van der Waals surface area contributed by atoms with E-state index < -0.39 is 26.0 Å². The van der Waals surface area contributed by atoms with Crippen molar-refractivity contribution in [1.82, 2.24) is 0 Å². The summed E-state index contributed by atoms with van der Waals surface area (Å²) < 4.78 is 28.7. The predicted octanol–water partition coefficient (Wildman–Crippen LogP) is 1.89. The Labute approximate surface area is 124 Å². The smallest absolute Gasteiger partial charge is 0.329 e. The number of sulfone groups is 1. The summed E-state index contributed by atoms with van der Waals surface area (Å²) in [6.07, 6.45) is 2.20. The van der Waals surface area contributed by atoms with Gasteiger partial charge >= 0.3 is 5.69 Å². The lowest BCUT2D eigenvalue weighted by Gasteiger charge is -2.26. The Hall–Kier alpha value is -1.67. The minimum Gasteiger partial charge on any atom is -0.485 e. The Morgan fingerprint density at radius 3 is 2.33 bits per heavy atom. The van der Waals surface area contributed by atoms with Crippen LogP contribution in [0.4, 0.5) is 5.69 Å². The van der Waals surface area contributed by atoms with Crippen LogP contribution in [-0.4, -0.2) is 31.7 Å². The van der Waals surface area contributed by atoms with Gasteiger partial charge in [0.05, 0.1) is 4.92 Å². The molecule has 1 aromatic carbocycles. The van der Waals surface area contributed by atoms with Crippen LogP contribution in [-0.2, 0) is 9.84 Å². The van der Waals surface area contributed by atoms with Crippen molar-refractivity contribution < 1.29 is 18.1 Å². The summed E-state index contributed by atoms with van der Waals surface area (Å²) in [6.45, 7) is 3.87. The Morgan fingerprint density at radius 1 is 1.33 bits per heavy atom. The Morgan fingerprint density at radius 2 is 1.90 bits per heavy atom. The Balaban J connectivity index is 3.23. The monoisotopic (exact) mass is 316 g/mol. The van der Waals surface area contributed by atoms with E-state index in [4.69, 9.17) is 10.5 Å².